The number of nitrogens with zero attached hydrogens (tertiary/aromatic N) is 1. The topological polar surface area (TPSA) is 52.6 Å². The third-order valence-electron chi connectivity index (χ3n) is 3.96. The molecule has 2 unspecified atom stereocenters. The summed E-state index contributed by atoms with van der Waals surface area (Å²) < 4.78 is 0. The smallest absolute Gasteiger partial charge is 0.234 e. The molecular formula is C16H24N2O2. The van der Waals surface area contributed by atoms with Gasteiger partial charge in [0.1, 0.15) is 0 Å². The number of carbonyl (C=O) groups excluding carboxylic acids is 1. The highest BCUT2D eigenvalue weighted by atomic mass is 16.3. The first kappa shape index (κ1) is 15.0. The molecule has 1 aliphatic heterocycles. The lowest BCUT2D eigenvalue weighted by atomic mass is 10.1. The van der Waals surface area contributed by atoms with Crippen LogP contribution in [-0.2, 0) is 4.79 Å². The molecular weight excluding hydrogens is 252 g/mol. The van der Waals surface area contributed by atoms with Crippen LogP contribution in [0, 0.1) is 0 Å². The van der Waals surface area contributed by atoms with Crippen LogP contribution >= 0.6 is 0 Å². The van der Waals surface area contributed by atoms with Gasteiger partial charge in [-0.3, -0.25) is 9.69 Å². The lowest BCUT2D eigenvalue weighted by Gasteiger charge is -2.20. The average Bonchev–Trinajstić information content (AvgIpc) is 2.85. The molecule has 0 bridgehead atoms. The van der Waals surface area contributed by atoms with Crippen LogP contribution < -0.4 is 5.32 Å². The van der Waals surface area contributed by atoms with E-state index in [4.69, 9.17) is 0 Å². The van der Waals surface area contributed by atoms with Crippen LogP contribution in [0.5, 0.6) is 0 Å². The number of hydrogen-bond acceptors (Lipinski definition) is 3. The van der Waals surface area contributed by atoms with E-state index in [9.17, 15) is 9.90 Å². The van der Waals surface area contributed by atoms with Crippen molar-refractivity contribution >= 4 is 5.91 Å². The van der Waals surface area contributed by atoms with E-state index in [0.717, 1.165) is 12.1 Å². The molecule has 1 heterocycles. The van der Waals surface area contributed by atoms with Gasteiger partial charge in [0.05, 0.1) is 12.6 Å². The Labute approximate surface area is 120 Å². The van der Waals surface area contributed by atoms with Crippen molar-refractivity contribution in [3.63, 3.8) is 0 Å². The first-order valence-electron chi connectivity index (χ1n) is 7.40. The largest absolute Gasteiger partial charge is 0.388 e. The molecule has 1 aromatic rings. The lowest BCUT2D eigenvalue weighted by Crippen LogP contribution is -2.39. The van der Waals surface area contributed by atoms with E-state index >= 15 is 0 Å². The van der Waals surface area contributed by atoms with Crippen molar-refractivity contribution < 1.29 is 9.90 Å². The summed E-state index contributed by atoms with van der Waals surface area (Å²) in [6, 6.07) is 10.1. The maximum Gasteiger partial charge on any atom is 0.234 e. The van der Waals surface area contributed by atoms with Gasteiger partial charge in [0.25, 0.3) is 0 Å². The molecule has 2 N–H and O–H groups in total. The Morgan fingerprint density at radius 1 is 1.45 bits per heavy atom. The van der Waals surface area contributed by atoms with Gasteiger partial charge >= 0.3 is 0 Å². The predicted octanol–water partition coefficient (Wildman–Crippen LogP) is 1.71. The van der Waals surface area contributed by atoms with Crippen LogP contribution in [0.3, 0.4) is 0 Å². The van der Waals surface area contributed by atoms with Gasteiger partial charge in [-0.05, 0) is 38.3 Å². The molecule has 4 heteroatoms. The number of benzene rings is 1. The number of aliphatic hydroxyl groups excluding tert-OH is 1. The predicted molar refractivity (Wildman–Crippen MR) is 79.3 cm³/mol. The van der Waals surface area contributed by atoms with Gasteiger partial charge in [-0.25, -0.2) is 0 Å². The van der Waals surface area contributed by atoms with Gasteiger partial charge in [0.2, 0.25) is 5.91 Å². The average molecular weight is 276 g/mol. The molecule has 0 aliphatic carbocycles. The van der Waals surface area contributed by atoms with Crippen molar-refractivity contribution in [2.45, 2.75) is 38.3 Å². The summed E-state index contributed by atoms with van der Waals surface area (Å²) in [5, 5.41) is 12.9. The highest BCUT2D eigenvalue weighted by molar-refractivity contribution is 5.78. The lowest BCUT2D eigenvalue weighted by molar-refractivity contribution is -0.122. The second kappa shape index (κ2) is 7.41. The normalized spacial score (nSPS) is 20.8. The number of rotatable bonds is 6. The highest BCUT2D eigenvalue weighted by Crippen LogP contribution is 2.16. The molecule has 1 amide bonds. The maximum absolute atomic E-state index is 11.8. The standard InChI is InChI=1S/C16H24N2O2/c1-13-6-5-11-18(13)12-16(20)17-10-9-15(19)14-7-3-2-4-8-14/h2-4,7-8,13,15,19H,5-6,9-12H2,1H3,(H,17,20). The second-order valence-electron chi connectivity index (χ2n) is 5.53. The molecule has 0 aromatic heterocycles. The van der Waals surface area contributed by atoms with E-state index in [1.165, 1.54) is 12.8 Å². The fourth-order valence-electron chi connectivity index (χ4n) is 2.66. The quantitative estimate of drug-likeness (QED) is 0.831. The molecule has 110 valence electrons. The van der Waals surface area contributed by atoms with Crippen LogP contribution in [0.15, 0.2) is 30.3 Å². The van der Waals surface area contributed by atoms with Crippen LogP contribution in [-0.4, -0.2) is 41.6 Å². The van der Waals surface area contributed by atoms with Crippen molar-refractivity contribution in [2.75, 3.05) is 19.6 Å². The molecule has 0 saturated carbocycles. The van der Waals surface area contributed by atoms with Crippen LogP contribution in [0.2, 0.25) is 0 Å². The van der Waals surface area contributed by atoms with Crippen molar-refractivity contribution in [2.24, 2.45) is 0 Å². The Morgan fingerprint density at radius 2 is 2.20 bits per heavy atom. The fourth-order valence-corrected chi connectivity index (χ4v) is 2.66. The van der Waals surface area contributed by atoms with E-state index in [-0.39, 0.29) is 5.91 Å². The summed E-state index contributed by atoms with van der Waals surface area (Å²) in [7, 11) is 0. The molecule has 2 rings (SSSR count). The molecule has 4 nitrogen and oxygen atoms in total. The minimum Gasteiger partial charge on any atom is -0.388 e. The van der Waals surface area contributed by atoms with Crippen LogP contribution in [0.4, 0.5) is 0 Å². The summed E-state index contributed by atoms with van der Waals surface area (Å²) in [6.07, 6.45) is 2.40. The summed E-state index contributed by atoms with van der Waals surface area (Å²) in [4.78, 5) is 14.0. The Kier molecular flexibility index (Phi) is 5.56. The number of likely N-dealkylation sites (tertiary alicyclic amines) is 1. The van der Waals surface area contributed by atoms with Crippen molar-refractivity contribution in [3.05, 3.63) is 35.9 Å². The molecule has 0 spiro atoms. The van der Waals surface area contributed by atoms with E-state index in [1.807, 2.05) is 30.3 Å². The molecule has 20 heavy (non-hydrogen) atoms. The van der Waals surface area contributed by atoms with Gasteiger partial charge in [0, 0.05) is 12.6 Å². The van der Waals surface area contributed by atoms with Crippen LogP contribution in [0.25, 0.3) is 0 Å². The maximum atomic E-state index is 11.8. The monoisotopic (exact) mass is 276 g/mol. The first-order valence-corrected chi connectivity index (χ1v) is 7.40. The van der Waals surface area contributed by atoms with Crippen molar-refractivity contribution in [1.29, 1.82) is 0 Å². The molecule has 1 aliphatic rings. The fraction of sp³-hybridized carbons (Fsp3) is 0.562. The van der Waals surface area contributed by atoms with E-state index < -0.39 is 6.10 Å². The molecule has 1 aromatic carbocycles. The molecule has 0 radical (unpaired) electrons. The summed E-state index contributed by atoms with van der Waals surface area (Å²) >= 11 is 0. The van der Waals surface area contributed by atoms with Crippen molar-refractivity contribution in [3.8, 4) is 0 Å². The zero-order valence-electron chi connectivity index (χ0n) is 12.1. The minimum absolute atomic E-state index is 0.0546. The second-order valence-corrected chi connectivity index (χ2v) is 5.53. The highest BCUT2D eigenvalue weighted by Gasteiger charge is 2.22. The first-order chi connectivity index (χ1) is 9.66. The van der Waals surface area contributed by atoms with E-state index in [2.05, 4.69) is 17.1 Å². The number of hydrogen-bond donors (Lipinski definition) is 2. The van der Waals surface area contributed by atoms with Gasteiger partial charge in [0.15, 0.2) is 0 Å². The summed E-state index contributed by atoms with van der Waals surface area (Å²) in [5.74, 6) is 0.0546. The minimum atomic E-state index is -0.512. The summed E-state index contributed by atoms with van der Waals surface area (Å²) in [6.45, 7) is 4.17. The van der Waals surface area contributed by atoms with Gasteiger partial charge in [-0.2, -0.15) is 0 Å². The Bertz CT molecular complexity index is 422. The number of amides is 1. The molecule has 1 fully saturated rings. The number of nitrogens with one attached hydrogen (secondary N) is 1. The number of carbonyl (C=O) groups is 1. The van der Waals surface area contributed by atoms with E-state index in [0.29, 0.717) is 25.6 Å². The third kappa shape index (κ3) is 4.32. The zero-order chi connectivity index (χ0) is 14.4. The Hall–Kier alpha value is -1.39. The molecule has 1 saturated heterocycles. The van der Waals surface area contributed by atoms with Crippen LogP contribution in [0.1, 0.15) is 37.9 Å². The Balaban J connectivity index is 1.66. The van der Waals surface area contributed by atoms with Crippen molar-refractivity contribution in [1.82, 2.24) is 10.2 Å². The van der Waals surface area contributed by atoms with Gasteiger partial charge < -0.3 is 10.4 Å². The SMILES string of the molecule is CC1CCCN1CC(=O)NCCC(O)c1ccccc1. The van der Waals surface area contributed by atoms with E-state index in [1.54, 1.807) is 0 Å². The molecule has 2 atom stereocenters. The zero-order valence-corrected chi connectivity index (χ0v) is 12.1. The van der Waals surface area contributed by atoms with Gasteiger partial charge in [-0.15, -0.1) is 0 Å². The van der Waals surface area contributed by atoms with Gasteiger partial charge in [-0.1, -0.05) is 30.3 Å². The Morgan fingerprint density at radius 3 is 2.85 bits per heavy atom. The number of aliphatic hydroxyl groups is 1. The summed E-state index contributed by atoms with van der Waals surface area (Å²) in [5.41, 5.74) is 0.898. The third-order valence-corrected chi connectivity index (χ3v) is 3.96.